The van der Waals surface area contributed by atoms with Gasteiger partial charge in [-0.25, -0.2) is 13.1 Å². The molecule has 0 aromatic heterocycles. The van der Waals surface area contributed by atoms with E-state index in [0.29, 0.717) is 16.5 Å². The van der Waals surface area contributed by atoms with E-state index < -0.39 is 16.1 Å². The molecule has 0 aliphatic carbocycles. The van der Waals surface area contributed by atoms with Crippen molar-refractivity contribution < 1.29 is 17.9 Å². The Morgan fingerprint density at radius 1 is 1.21 bits per heavy atom. The third kappa shape index (κ3) is 3.24. The van der Waals surface area contributed by atoms with Crippen molar-refractivity contribution in [3.05, 3.63) is 53.6 Å². The number of amides is 1. The molecule has 0 fully saturated rings. The van der Waals surface area contributed by atoms with Gasteiger partial charge in [-0.2, -0.15) is 0 Å². The van der Waals surface area contributed by atoms with E-state index in [1.807, 2.05) is 0 Å². The van der Waals surface area contributed by atoms with E-state index in [0.717, 1.165) is 0 Å². The highest BCUT2D eigenvalue weighted by Crippen LogP contribution is 2.32. The Labute approximate surface area is 145 Å². The molecule has 0 saturated heterocycles. The molecule has 2 aromatic carbocycles. The molecule has 1 heterocycles. The number of fused-ring (bicyclic) bond motifs is 1. The lowest BCUT2D eigenvalue weighted by molar-refractivity contribution is -0.125. The Kier molecular flexibility index (Phi) is 4.49. The summed E-state index contributed by atoms with van der Waals surface area (Å²) in [4.78, 5) is 13.8. The second kappa shape index (κ2) is 6.43. The van der Waals surface area contributed by atoms with Crippen LogP contribution in [0, 0.1) is 0 Å². The Balaban J connectivity index is 1.76. The highest BCUT2D eigenvalue weighted by atomic mass is 35.5. The summed E-state index contributed by atoms with van der Waals surface area (Å²) in [6.45, 7) is -0.174. The molecule has 1 aliphatic heterocycles. The molecule has 3 rings (SSSR count). The zero-order chi connectivity index (χ0) is 17.3. The van der Waals surface area contributed by atoms with Gasteiger partial charge in [-0.1, -0.05) is 29.8 Å². The smallest absolute Gasteiger partial charge is 0.269 e. The summed E-state index contributed by atoms with van der Waals surface area (Å²) in [6, 6.07) is 13.0. The standard InChI is InChI=1S/C16H15ClN2O4S/c1-19-13-7-2-3-8-14(13)23-15(16(19)20)10-18-24(21,22)12-6-4-5-11(17)9-12/h2-9,15,18H,10H2,1H3. The van der Waals surface area contributed by atoms with Crippen molar-refractivity contribution in [2.24, 2.45) is 0 Å². The van der Waals surface area contributed by atoms with Gasteiger partial charge in [0.05, 0.1) is 17.1 Å². The van der Waals surface area contributed by atoms with Crippen molar-refractivity contribution in [1.29, 1.82) is 0 Å². The summed E-state index contributed by atoms with van der Waals surface area (Å²) >= 11 is 5.82. The lowest BCUT2D eigenvalue weighted by Gasteiger charge is -2.31. The number of benzene rings is 2. The van der Waals surface area contributed by atoms with Crippen LogP contribution in [-0.2, 0) is 14.8 Å². The van der Waals surface area contributed by atoms with E-state index >= 15 is 0 Å². The summed E-state index contributed by atoms with van der Waals surface area (Å²) in [5.41, 5.74) is 0.649. The molecule has 2 aromatic rings. The maximum absolute atomic E-state index is 12.3. The first-order valence-electron chi connectivity index (χ1n) is 7.17. The highest BCUT2D eigenvalue weighted by molar-refractivity contribution is 7.89. The molecular weight excluding hydrogens is 352 g/mol. The summed E-state index contributed by atoms with van der Waals surface area (Å²) in [7, 11) is -2.16. The normalized spacial score (nSPS) is 17.3. The van der Waals surface area contributed by atoms with Crippen LogP contribution in [0.25, 0.3) is 0 Å². The number of sulfonamides is 1. The van der Waals surface area contributed by atoms with Gasteiger partial charge in [0.25, 0.3) is 5.91 Å². The quantitative estimate of drug-likeness (QED) is 0.898. The zero-order valence-corrected chi connectivity index (χ0v) is 14.3. The van der Waals surface area contributed by atoms with Crippen molar-refractivity contribution in [3.8, 4) is 5.75 Å². The van der Waals surface area contributed by atoms with E-state index in [4.69, 9.17) is 16.3 Å². The minimum Gasteiger partial charge on any atom is -0.477 e. The number of para-hydroxylation sites is 2. The summed E-state index contributed by atoms with van der Waals surface area (Å²) in [5.74, 6) is 0.217. The maximum atomic E-state index is 12.3. The lowest BCUT2D eigenvalue weighted by Crippen LogP contribution is -2.49. The second-order valence-electron chi connectivity index (χ2n) is 5.28. The van der Waals surface area contributed by atoms with Crippen LogP contribution in [-0.4, -0.2) is 34.0 Å². The highest BCUT2D eigenvalue weighted by Gasteiger charge is 2.33. The summed E-state index contributed by atoms with van der Waals surface area (Å²) < 4.78 is 32.6. The number of carbonyl (C=O) groups excluding carboxylic acids is 1. The number of hydrogen-bond donors (Lipinski definition) is 1. The fourth-order valence-electron chi connectivity index (χ4n) is 2.40. The fraction of sp³-hybridized carbons (Fsp3) is 0.188. The molecule has 1 N–H and O–H groups in total. The number of nitrogens with one attached hydrogen (secondary N) is 1. The SMILES string of the molecule is CN1C(=O)C(CNS(=O)(=O)c2cccc(Cl)c2)Oc2ccccc21. The van der Waals surface area contributed by atoms with Gasteiger partial charge in [-0.05, 0) is 30.3 Å². The number of anilines is 1. The van der Waals surface area contributed by atoms with E-state index in [2.05, 4.69) is 4.72 Å². The van der Waals surface area contributed by atoms with Gasteiger partial charge in [-0.3, -0.25) is 4.79 Å². The van der Waals surface area contributed by atoms with Gasteiger partial charge in [0, 0.05) is 12.1 Å². The number of likely N-dealkylation sites (N-methyl/N-ethyl adjacent to an activating group) is 1. The number of ether oxygens (including phenoxy) is 1. The van der Waals surface area contributed by atoms with Crippen LogP contribution >= 0.6 is 11.6 Å². The van der Waals surface area contributed by atoms with Crippen LogP contribution in [0.15, 0.2) is 53.4 Å². The first-order chi connectivity index (χ1) is 11.4. The van der Waals surface area contributed by atoms with Crippen molar-refractivity contribution in [1.82, 2.24) is 4.72 Å². The van der Waals surface area contributed by atoms with Crippen LogP contribution in [0.5, 0.6) is 5.75 Å². The number of halogens is 1. The molecule has 1 atom stereocenters. The van der Waals surface area contributed by atoms with E-state index in [1.165, 1.54) is 17.0 Å². The van der Waals surface area contributed by atoms with E-state index in [-0.39, 0.29) is 17.3 Å². The predicted molar refractivity (Wildman–Crippen MR) is 90.9 cm³/mol. The lowest BCUT2D eigenvalue weighted by atomic mass is 10.2. The number of rotatable bonds is 4. The molecule has 1 aliphatic rings. The van der Waals surface area contributed by atoms with Crippen LogP contribution in [0.1, 0.15) is 0 Å². The Morgan fingerprint density at radius 2 is 1.96 bits per heavy atom. The first kappa shape index (κ1) is 16.8. The molecule has 6 nitrogen and oxygen atoms in total. The van der Waals surface area contributed by atoms with Gasteiger partial charge in [-0.15, -0.1) is 0 Å². The molecule has 0 bridgehead atoms. The third-order valence-electron chi connectivity index (χ3n) is 3.67. The van der Waals surface area contributed by atoms with Crippen LogP contribution in [0.2, 0.25) is 5.02 Å². The van der Waals surface area contributed by atoms with Gasteiger partial charge in [0.2, 0.25) is 10.0 Å². The Morgan fingerprint density at radius 3 is 2.71 bits per heavy atom. The van der Waals surface area contributed by atoms with E-state index in [1.54, 1.807) is 43.4 Å². The fourth-order valence-corrected chi connectivity index (χ4v) is 3.74. The minimum absolute atomic E-state index is 0.0343. The second-order valence-corrected chi connectivity index (χ2v) is 7.48. The monoisotopic (exact) mass is 366 g/mol. The van der Waals surface area contributed by atoms with Crippen molar-refractivity contribution in [2.45, 2.75) is 11.0 Å². The van der Waals surface area contributed by atoms with Crippen molar-refractivity contribution >= 4 is 33.2 Å². The van der Waals surface area contributed by atoms with Gasteiger partial charge in [0.1, 0.15) is 5.75 Å². The average molecular weight is 367 g/mol. The summed E-state index contributed by atoms with van der Waals surface area (Å²) in [6.07, 6.45) is -0.932. The predicted octanol–water partition coefficient (Wildman–Crippen LogP) is 2.04. The molecular formula is C16H15ClN2O4S. The molecule has 1 amide bonds. The van der Waals surface area contributed by atoms with Crippen molar-refractivity contribution in [2.75, 3.05) is 18.5 Å². The number of carbonyl (C=O) groups is 1. The van der Waals surface area contributed by atoms with Crippen LogP contribution < -0.4 is 14.4 Å². The minimum atomic E-state index is -3.79. The Bertz CT molecular complexity index is 885. The van der Waals surface area contributed by atoms with Crippen LogP contribution in [0.4, 0.5) is 5.69 Å². The molecule has 0 saturated carbocycles. The zero-order valence-electron chi connectivity index (χ0n) is 12.8. The topological polar surface area (TPSA) is 75.7 Å². The molecule has 24 heavy (non-hydrogen) atoms. The number of nitrogens with zero attached hydrogens (tertiary/aromatic N) is 1. The molecule has 0 radical (unpaired) electrons. The first-order valence-corrected chi connectivity index (χ1v) is 9.03. The molecule has 0 spiro atoms. The summed E-state index contributed by atoms with van der Waals surface area (Å²) in [5, 5.41) is 0.316. The maximum Gasteiger partial charge on any atom is 0.269 e. The largest absolute Gasteiger partial charge is 0.477 e. The molecule has 8 heteroatoms. The Hall–Kier alpha value is -2.09. The average Bonchev–Trinajstić information content (AvgIpc) is 2.57. The van der Waals surface area contributed by atoms with Gasteiger partial charge < -0.3 is 9.64 Å². The van der Waals surface area contributed by atoms with Crippen LogP contribution in [0.3, 0.4) is 0 Å². The van der Waals surface area contributed by atoms with Crippen molar-refractivity contribution in [3.63, 3.8) is 0 Å². The van der Waals surface area contributed by atoms with E-state index in [9.17, 15) is 13.2 Å². The van der Waals surface area contributed by atoms with Gasteiger partial charge in [0.15, 0.2) is 6.10 Å². The molecule has 1 unspecified atom stereocenters. The molecule has 126 valence electrons. The number of hydrogen-bond acceptors (Lipinski definition) is 4. The van der Waals surface area contributed by atoms with Gasteiger partial charge >= 0.3 is 0 Å². The third-order valence-corrected chi connectivity index (χ3v) is 5.32.